The van der Waals surface area contributed by atoms with Crippen molar-refractivity contribution in [1.82, 2.24) is 9.80 Å². The number of phenols is 1. The first-order valence-electron chi connectivity index (χ1n) is 11.5. The maximum absolute atomic E-state index is 11.1. The predicted octanol–water partition coefficient (Wildman–Crippen LogP) is 3.67. The number of aromatic hydroxyl groups is 1. The summed E-state index contributed by atoms with van der Waals surface area (Å²) in [7, 11) is 3.30. The maximum Gasteiger partial charge on any atom is 0.124 e. The summed E-state index contributed by atoms with van der Waals surface area (Å²) < 4.78 is 21.8. The van der Waals surface area contributed by atoms with E-state index >= 15 is 0 Å². The molecular weight excluding hydrogens is 456 g/mol. The fourth-order valence-electron chi connectivity index (χ4n) is 4.24. The molecule has 2 saturated heterocycles. The Morgan fingerprint density at radius 1 is 0.735 bits per heavy atom. The van der Waals surface area contributed by atoms with Gasteiger partial charge in [-0.1, -0.05) is 12.2 Å². The lowest BCUT2D eigenvalue weighted by atomic mass is 10.0. The van der Waals surface area contributed by atoms with Crippen LogP contribution in [0.4, 0.5) is 0 Å². The lowest BCUT2D eigenvalue weighted by Crippen LogP contribution is -2.36. The molecule has 4 rings (SSSR count). The number of rotatable bonds is 8. The van der Waals surface area contributed by atoms with Crippen molar-refractivity contribution in [2.24, 2.45) is 0 Å². The summed E-state index contributed by atoms with van der Waals surface area (Å²) in [6.07, 6.45) is 4.13. The van der Waals surface area contributed by atoms with Crippen molar-refractivity contribution in [3.63, 3.8) is 0 Å². The van der Waals surface area contributed by atoms with E-state index < -0.39 is 0 Å². The van der Waals surface area contributed by atoms with Crippen LogP contribution in [0.3, 0.4) is 0 Å². The van der Waals surface area contributed by atoms with Crippen LogP contribution >= 0.6 is 12.4 Å². The highest BCUT2D eigenvalue weighted by Gasteiger charge is 2.18. The molecule has 1 N–H and O–H groups in total. The molecule has 2 aliphatic rings. The van der Waals surface area contributed by atoms with Gasteiger partial charge in [0.2, 0.25) is 0 Å². The van der Waals surface area contributed by atoms with E-state index in [1.54, 1.807) is 14.2 Å². The van der Waals surface area contributed by atoms with Gasteiger partial charge >= 0.3 is 0 Å². The first kappa shape index (κ1) is 26.3. The zero-order valence-corrected chi connectivity index (χ0v) is 20.8. The van der Waals surface area contributed by atoms with Gasteiger partial charge in [0.05, 0.1) is 40.6 Å². The molecule has 8 heteroatoms. The highest BCUT2D eigenvalue weighted by Crippen LogP contribution is 2.30. The van der Waals surface area contributed by atoms with Crippen molar-refractivity contribution in [1.29, 1.82) is 0 Å². The molecule has 0 unspecified atom stereocenters. The molecule has 2 fully saturated rings. The lowest BCUT2D eigenvalue weighted by molar-refractivity contribution is 0.0327. The van der Waals surface area contributed by atoms with Crippen LogP contribution in [0.1, 0.15) is 22.3 Å². The molecule has 0 spiro atoms. The molecule has 186 valence electrons. The Labute approximate surface area is 208 Å². The second-order valence-electron chi connectivity index (χ2n) is 8.44. The van der Waals surface area contributed by atoms with Gasteiger partial charge in [-0.3, -0.25) is 9.80 Å². The molecule has 0 radical (unpaired) electrons. The highest BCUT2D eigenvalue weighted by atomic mass is 35.5. The Morgan fingerprint density at radius 2 is 1.15 bits per heavy atom. The molecule has 0 aliphatic carbocycles. The first-order chi connectivity index (χ1) is 16.1. The van der Waals surface area contributed by atoms with E-state index in [-0.39, 0.29) is 12.4 Å². The van der Waals surface area contributed by atoms with Crippen LogP contribution in [-0.4, -0.2) is 81.7 Å². The average molecular weight is 491 g/mol. The first-order valence-corrected chi connectivity index (χ1v) is 11.5. The summed E-state index contributed by atoms with van der Waals surface area (Å²) in [6.45, 7) is 7.86. The van der Waals surface area contributed by atoms with Crippen molar-refractivity contribution in [3.8, 4) is 17.2 Å². The van der Waals surface area contributed by atoms with Crippen LogP contribution in [0.5, 0.6) is 17.2 Å². The number of hydrogen-bond donors (Lipinski definition) is 1. The van der Waals surface area contributed by atoms with Gasteiger partial charge < -0.3 is 24.1 Å². The third kappa shape index (κ3) is 7.10. The van der Waals surface area contributed by atoms with Gasteiger partial charge in [-0.15, -0.1) is 12.4 Å². The minimum atomic E-state index is 0. The van der Waals surface area contributed by atoms with Crippen molar-refractivity contribution in [3.05, 3.63) is 52.6 Å². The zero-order valence-electron chi connectivity index (χ0n) is 20.0. The average Bonchev–Trinajstić information content (AvgIpc) is 2.86. The van der Waals surface area contributed by atoms with Crippen LogP contribution in [0.25, 0.3) is 12.2 Å². The Hall–Kier alpha value is -2.29. The zero-order chi connectivity index (χ0) is 23.0. The number of ether oxygens (including phenoxy) is 4. The summed E-state index contributed by atoms with van der Waals surface area (Å²) in [5.41, 5.74) is 3.95. The van der Waals surface area contributed by atoms with Gasteiger partial charge in [-0.25, -0.2) is 0 Å². The Kier molecular flexibility index (Phi) is 10.0. The van der Waals surface area contributed by atoms with Gasteiger partial charge in [-0.05, 0) is 35.4 Å². The van der Waals surface area contributed by atoms with Crippen LogP contribution in [0.15, 0.2) is 30.3 Å². The number of phenolic OH excluding ortho intramolecular Hbond substituents is 1. The fraction of sp³-hybridized carbons (Fsp3) is 0.462. The van der Waals surface area contributed by atoms with E-state index in [0.29, 0.717) is 18.8 Å². The second kappa shape index (κ2) is 13.0. The van der Waals surface area contributed by atoms with Crippen molar-refractivity contribution in [2.75, 3.05) is 66.8 Å². The largest absolute Gasteiger partial charge is 0.507 e. The Morgan fingerprint density at radius 3 is 1.56 bits per heavy atom. The number of hydrogen-bond acceptors (Lipinski definition) is 7. The van der Waals surface area contributed by atoms with Crippen molar-refractivity contribution in [2.45, 2.75) is 13.1 Å². The van der Waals surface area contributed by atoms with Crippen molar-refractivity contribution < 1.29 is 24.1 Å². The second-order valence-corrected chi connectivity index (χ2v) is 8.44. The van der Waals surface area contributed by atoms with Crippen LogP contribution in [-0.2, 0) is 22.6 Å². The van der Waals surface area contributed by atoms with Gasteiger partial charge in [0.25, 0.3) is 0 Å². The molecule has 0 atom stereocenters. The van der Waals surface area contributed by atoms with E-state index in [0.717, 1.165) is 86.4 Å². The molecule has 2 heterocycles. The number of methoxy groups -OCH3 is 2. The van der Waals surface area contributed by atoms with Crippen LogP contribution < -0.4 is 9.47 Å². The Bertz CT molecular complexity index is 893. The minimum absolute atomic E-state index is 0. The molecule has 0 bridgehead atoms. The standard InChI is InChI=1S/C26H34N2O5.ClH/c1-30-24-15-21(16-25(17-24)31-2)4-3-20-13-22(18-27-5-9-32-10-6-27)26(29)23(14-20)19-28-7-11-33-12-8-28;/h3-4,13-17,29H,5-12,18-19H2,1-2H3;1H/b4-3+;. The quantitative estimate of drug-likeness (QED) is 0.566. The summed E-state index contributed by atoms with van der Waals surface area (Å²) in [5, 5.41) is 11.1. The molecule has 34 heavy (non-hydrogen) atoms. The van der Waals surface area contributed by atoms with Crippen LogP contribution in [0, 0.1) is 0 Å². The molecule has 2 aromatic carbocycles. The van der Waals surface area contributed by atoms with Gasteiger partial charge in [0, 0.05) is 56.5 Å². The molecular formula is C26H35ClN2O5. The lowest BCUT2D eigenvalue weighted by Gasteiger charge is -2.29. The molecule has 7 nitrogen and oxygen atoms in total. The SMILES string of the molecule is COc1cc(/C=C/c2cc(CN3CCOCC3)c(O)c(CN3CCOCC3)c2)cc(OC)c1.Cl. The third-order valence-electron chi connectivity index (χ3n) is 6.13. The summed E-state index contributed by atoms with van der Waals surface area (Å²) in [5.74, 6) is 1.90. The normalized spacial score (nSPS) is 17.5. The molecule has 2 aromatic rings. The molecule has 0 aromatic heterocycles. The van der Waals surface area contributed by atoms with Crippen molar-refractivity contribution >= 4 is 24.6 Å². The predicted molar refractivity (Wildman–Crippen MR) is 136 cm³/mol. The minimum Gasteiger partial charge on any atom is -0.507 e. The molecule has 2 aliphatic heterocycles. The van der Waals surface area contributed by atoms with Crippen LogP contribution in [0.2, 0.25) is 0 Å². The fourth-order valence-corrected chi connectivity index (χ4v) is 4.24. The number of benzene rings is 2. The number of nitrogens with zero attached hydrogens (tertiary/aromatic N) is 2. The van der Waals surface area contributed by atoms with E-state index in [2.05, 4.69) is 34.1 Å². The smallest absolute Gasteiger partial charge is 0.124 e. The summed E-state index contributed by atoms with van der Waals surface area (Å²) in [6, 6.07) is 9.98. The third-order valence-corrected chi connectivity index (χ3v) is 6.13. The summed E-state index contributed by atoms with van der Waals surface area (Å²) >= 11 is 0. The van der Waals surface area contributed by atoms with Gasteiger partial charge in [-0.2, -0.15) is 0 Å². The monoisotopic (exact) mass is 490 g/mol. The maximum atomic E-state index is 11.1. The van der Waals surface area contributed by atoms with E-state index in [1.165, 1.54) is 0 Å². The highest BCUT2D eigenvalue weighted by molar-refractivity contribution is 5.85. The number of morpholine rings is 2. The molecule has 0 amide bonds. The topological polar surface area (TPSA) is 63.6 Å². The van der Waals surface area contributed by atoms with E-state index in [1.807, 2.05) is 18.2 Å². The van der Waals surface area contributed by atoms with E-state index in [4.69, 9.17) is 18.9 Å². The van der Waals surface area contributed by atoms with E-state index in [9.17, 15) is 5.11 Å². The molecule has 0 saturated carbocycles. The summed E-state index contributed by atoms with van der Waals surface area (Å²) in [4.78, 5) is 4.66. The van der Waals surface area contributed by atoms with Gasteiger partial charge in [0.1, 0.15) is 17.2 Å². The number of halogens is 1. The Balaban J connectivity index is 0.00000324. The van der Waals surface area contributed by atoms with Gasteiger partial charge in [0.15, 0.2) is 0 Å².